The number of Topliss-reactive ketones (excluding diaryl/α,β-unsaturated/α-hetero) is 2. The van der Waals surface area contributed by atoms with Crippen LogP contribution in [0.4, 0.5) is 0 Å². The Morgan fingerprint density at radius 1 is 1.02 bits per heavy atom. The summed E-state index contributed by atoms with van der Waals surface area (Å²) >= 11 is 0. The Hall–Kier alpha value is -4.01. The van der Waals surface area contributed by atoms with E-state index in [1.807, 2.05) is 0 Å². The molecule has 0 unspecified atom stereocenters. The van der Waals surface area contributed by atoms with Gasteiger partial charge in [-0.3, -0.25) is 24.2 Å². The molecular weight excluding hydrogens is 614 g/mol. The fraction of sp³-hybridized carbons (Fsp3) is 0.500. The summed E-state index contributed by atoms with van der Waals surface area (Å²) < 4.78 is 29.8. The fourth-order valence-corrected chi connectivity index (χ4v) is 6.98. The zero-order valence-electron chi connectivity index (χ0n) is 26.6. The van der Waals surface area contributed by atoms with Crippen molar-refractivity contribution in [3.63, 3.8) is 0 Å². The van der Waals surface area contributed by atoms with Crippen molar-refractivity contribution in [2.45, 2.75) is 102 Å². The topological polar surface area (TPSA) is 187 Å². The largest absolute Gasteiger partial charge is 0.507 e. The molecule has 2 heterocycles. The summed E-state index contributed by atoms with van der Waals surface area (Å²) in [5.74, 6) is -3.31. The van der Waals surface area contributed by atoms with Crippen molar-refractivity contribution in [2.75, 3.05) is 7.11 Å². The molecule has 0 bridgehead atoms. The van der Waals surface area contributed by atoms with Crippen molar-refractivity contribution in [2.24, 2.45) is 4.99 Å². The van der Waals surface area contributed by atoms with E-state index >= 15 is 0 Å². The van der Waals surface area contributed by atoms with E-state index in [9.17, 15) is 34.5 Å². The molecule has 13 heteroatoms. The number of ketones is 4. The molecule has 0 radical (unpaired) electrons. The van der Waals surface area contributed by atoms with E-state index in [0.717, 1.165) is 0 Å². The summed E-state index contributed by atoms with van der Waals surface area (Å²) in [5.41, 5.74) is -3.09. The van der Waals surface area contributed by atoms with Crippen LogP contribution in [0.25, 0.3) is 0 Å². The van der Waals surface area contributed by atoms with Gasteiger partial charge in [-0.25, -0.2) is 0 Å². The van der Waals surface area contributed by atoms with Crippen molar-refractivity contribution in [3.05, 3.63) is 51.6 Å². The first-order valence-corrected chi connectivity index (χ1v) is 15.5. The Labute approximate surface area is 270 Å². The summed E-state index contributed by atoms with van der Waals surface area (Å²) in [6, 6.07) is 3.96. The van der Waals surface area contributed by atoms with Crippen molar-refractivity contribution in [3.8, 4) is 17.2 Å². The van der Waals surface area contributed by atoms with Crippen LogP contribution in [0, 0.1) is 0 Å². The number of hydrogen-bond acceptors (Lipinski definition) is 13. The first-order chi connectivity index (χ1) is 22.2. The van der Waals surface area contributed by atoms with Crippen molar-refractivity contribution >= 4 is 29.3 Å². The Kier molecular flexibility index (Phi) is 8.56. The molecule has 4 aliphatic rings. The average molecular weight is 652 g/mol. The van der Waals surface area contributed by atoms with Gasteiger partial charge in [0.2, 0.25) is 5.78 Å². The molecule has 0 spiro atoms. The van der Waals surface area contributed by atoms with Gasteiger partial charge in [0, 0.05) is 42.2 Å². The maximum atomic E-state index is 13.9. The highest BCUT2D eigenvalue weighted by Gasteiger charge is 2.50. The van der Waals surface area contributed by atoms with Gasteiger partial charge in [0.15, 0.2) is 24.1 Å². The number of phenols is 2. The van der Waals surface area contributed by atoms with Gasteiger partial charge in [-0.1, -0.05) is 12.1 Å². The number of carbonyl (C=O) groups is 4. The number of nitrogens with zero attached hydrogens (tertiary/aromatic N) is 1. The van der Waals surface area contributed by atoms with Gasteiger partial charge < -0.3 is 39.0 Å². The predicted molar refractivity (Wildman–Crippen MR) is 163 cm³/mol. The molecule has 47 heavy (non-hydrogen) atoms. The Bertz CT molecular complexity index is 1700. The lowest BCUT2D eigenvalue weighted by Crippen LogP contribution is -2.52. The highest BCUT2D eigenvalue weighted by molar-refractivity contribution is 6.31. The van der Waals surface area contributed by atoms with Gasteiger partial charge in [-0.2, -0.15) is 0 Å². The number of fused-ring (bicyclic) bond motifs is 4. The number of rotatable bonds is 6. The normalized spacial score (nSPS) is 31.5. The third kappa shape index (κ3) is 5.65. The van der Waals surface area contributed by atoms with Gasteiger partial charge in [-0.05, 0) is 33.8 Å². The molecule has 2 aromatic rings. The molecule has 13 nitrogen and oxygen atoms in total. The lowest BCUT2D eigenvalue weighted by Gasteiger charge is -2.44. The van der Waals surface area contributed by atoms with Crippen LogP contribution in [0.5, 0.6) is 17.2 Å². The van der Waals surface area contributed by atoms with E-state index in [1.54, 1.807) is 20.1 Å². The Balaban J connectivity index is 1.40. The zero-order chi connectivity index (χ0) is 33.9. The van der Waals surface area contributed by atoms with Crippen LogP contribution in [-0.2, 0) is 35.0 Å². The molecule has 0 aromatic heterocycles. The number of ether oxygens (including phenoxy) is 5. The van der Waals surface area contributed by atoms with E-state index in [4.69, 9.17) is 23.7 Å². The van der Waals surface area contributed by atoms with Gasteiger partial charge in [0.1, 0.15) is 34.7 Å². The summed E-state index contributed by atoms with van der Waals surface area (Å²) in [7, 11) is 1.34. The van der Waals surface area contributed by atoms with Crippen molar-refractivity contribution in [1.29, 1.82) is 0 Å². The van der Waals surface area contributed by atoms with Gasteiger partial charge in [0.05, 0.1) is 54.6 Å². The quantitative estimate of drug-likeness (QED) is 0.331. The van der Waals surface area contributed by atoms with Crippen LogP contribution in [-0.4, -0.2) is 94.3 Å². The number of aliphatic hydroxyl groups is 1. The SMILES string of the molecule is COc1cccc2c1C(=O)c1c(O)c3c(c(O)c1C2=O)C[C@@](O)(C(C)=O)C[C@@H]3O[C@H]1C[C@@H]2N=C[C@@H](C)O[C@@H](CC(C)=O)O[C@@H]2[C@H](C)O1. The minimum atomic E-state index is -2.03. The molecule has 6 rings (SSSR count). The maximum Gasteiger partial charge on any atom is 0.202 e. The van der Waals surface area contributed by atoms with Crippen LogP contribution in [0.15, 0.2) is 23.2 Å². The predicted octanol–water partition coefficient (Wildman–Crippen LogP) is 2.89. The van der Waals surface area contributed by atoms with E-state index in [0.29, 0.717) is 0 Å². The second kappa shape index (κ2) is 12.2. The molecule has 1 saturated heterocycles. The third-order valence-electron chi connectivity index (χ3n) is 9.31. The molecule has 0 saturated carbocycles. The van der Waals surface area contributed by atoms with Gasteiger partial charge in [-0.15, -0.1) is 0 Å². The molecular formula is C34H37NO12. The van der Waals surface area contributed by atoms with Crippen LogP contribution >= 0.6 is 0 Å². The third-order valence-corrected chi connectivity index (χ3v) is 9.31. The van der Waals surface area contributed by atoms with E-state index < -0.39 is 95.0 Å². The first kappa shape index (κ1) is 32.9. The molecule has 8 atom stereocenters. The monoisotopic (exact) mass is 651 g/mol. The second-order valence-electron chi connectivity index (χ2n) is 12.6. The minimum absolute atomic E-state index is 0.0201. The molecule has 1 fully saturated rings. The number of phenolic OH excluding ortho intramolecular Hbond substituents is 2. The smallest absolute Gasteiger partial charge is 0.202 e. The Morgan fingerprint density at radius 3 is 2.43 bits per heavy atom. The van der Waals surface area contributed by atoms with Crippen LogP contribution in [0.2, 0.25) is 0 Å². The summed E-state index contributed by atoms with van der Waals surface area (Å²) in [6.07, 6.45) is -3.69. The average Bonchev–Trinajstić information content (AvgIpc) is 3.00. The number of aliphatic imine (C=N–C) groups is 1. The molecule has 2 aliphatic heterocycles. The molecule has 0 amide bonds. The molecule has 3 N–H and O–H groups in total. The van der Waals surface area contributed by atoms with Crippen LogP contribution in [0.1, 0.15) is 96.0 Å². The van der Waals surface area contributed by atoms with Gasteiger partial charge >= 0.3 is 0 Å². The fourth-order valence-electron chi connectivity index (χ4n) is 6.98. The number of methoxy groups -OCH3 is 1. The number of hydrogen-bond donors (Lipinski definition) is 3. The lowest BCUT2D eigenvalue weighted by atomic mass is 9.72. The second-order valence-corrected chi connectivity index (χ2v) is 12.6. The van der Waals surface area contributed by atoms with Crippen molar-refractivity contribution < 1.29 is 58.2 Å². The maximum absolute atomic E-state index is 13.9. The highest BCUT2D eigenvalue weighted by atomic mass is 16.7. The molecule has 250 valence electrons. The minimum Gasteiger partial charge on any atom is -0.507 e. The summed E-state index contributed by atoms with van der Waals surface area (Å²) in [6.45, 7) is 6.15. The number of carbonyl (C=O) groups excluding carboxylic acids is 4. The summed E-state index contributed by atoms with van der Waals surface area (Å²) in [4.78, 5) is 56.8. The summed E-state index contributed by atoms with van der Waals surface area (Å²) in [5, 5.41) is 34.8. The lowest BCUT2D eigenvalue weighted by molar-refractivity contribution is -0.280. The van der Waals surface area contributed by atoms with E-state index in [1.165, 1.54) is 39.2 Å². The van der Waals surface area contributed by atoms with E-state index in [-0.39, 0.29) is 53.0 Å². The zero-order valence-corrected chi connectivity index (χ0v) is 26.6. The highest BCUT2D eigenvalue weighted by Crippen LogP contribution is 2.52. The van der Waals surface area contributed by atoms with Crippen LogP contribution < -0.4 is 4.74 Å². The first-order valence-electron chi connectivity index (χ1n) is 15.5. The van der Waals surface area contributed by atoms with Crippen LogP contribution in [0.3, 0.4) is 0 Å². The molecule has 2 aliphatic carbocycles. The van der Waals surface area contributed by atoms with E-state index in [2.05, 4.69) is 4.99 Å². The van der Waals surface area contributed by atoms with Crippen molar-refractivity contribution in [1.82, 2.24) is 0 Å². The standard InChI is InChI=1S/C34H37NO12/c1-14(36)9-23-44-15(2)13-35-20-10-24(45-16(3)33(20)47-23)46-22-12-34(42,17(4)37)11-19-26(22)32(41)28-27(30(19)39)29(38)18-7-6-8-21(43-5)25(18)31(28)40/h6-8,13,15-16,20,22-24,33,39,41-42H,9-12H2,1-5H3/t15-,16+,20+,22+,23-,24+,33-,34+/m1/s1. The molecule has 2 aromatic carbocycles. The number of benzene rings is 2. The Morgan fingerprint density at radius 2 is 1.74 bits per heavy atom. The number of aromatic hydroxyl groups is 2. The van der Waals surface area contributed by atoms with Gasteiger partial charge in [0.25, 0.3) is 0 Å².